The zero-order valence-corrected chi connectivity index (χ0v) is 41.4. The number of unbranched alkanes of at least 4 members (excludes halogenated alkanes) is 30. The molecule has 0 saturated carbocycles. The largest absolute Gasteiger partial charge is 0.443 e. The van der Waals surface area contributed by atoms with Crippen molar-refractivity contribution >= 4 is 23.8 Å². The minimum atomic E-state index is -1.08. The first-order valence-corrected chi connectivity index (χ1v) is 26.7. The van der Waals surface area contributed by atoms with Crippen molar-refractivity contribution in [1.82, 2.24) is 16.0 Å². The molecule has 2 unspecified atom stereocenters. The number of amides is 1. The number of carbonyl (C=O) groups is 2. The molecular weight excluding hydrogens is 787 g/mol. The zero-order chi connectivity index (χ0) is 46.5. The molecule has 12 nitrogen and oxygen atoms in total. The lowest BCUT2D eigenvalue weighted by atomic mass is 9.97. The summed E-state index contributed by atoms with van der Waals surface area (Å²) in [7, 11) is 0. The van der Waals surface area contributed by atoms with Gasteiger partial charge < -0.3 is 37.9 Å². The Morgan fingerprint density at radius 3 is 1.16 bits per heavy atom. The number of nitrogens with one attached hydrogen (secondary N) is 5. The summed E-state index contributed by atoms with van der Waals surface area (Å²) in [5, 5.41) is 23.7. The van der Waals surface area contributed by atoms with Crippen LogP contribution in [0.25, 0.3) is 0 Å². The summed E-state index contributed by atoms with van der Waals surface area (Å²) >= 11 is 0. The Bertz CT molecular complexity index is 1080. The molecule has 0 rings (SSSR count). The van der Waals surface area contributed by atoms with Crippen molar-refractivity contribution in [2.24, 2.45) is 22.9 Å². The molecule has 0 aromatic carbocycles. The summed E-state index contributed by atoms with van der Waals surface area (Å²) in [5.74, 6) is -0.580. The van der Waals surface area contributed by atoms with E-state index >= 15 is 0 Å². The van der Waals surface area contributed by atoms with E-state index in [1.54, 1.807) is 0 Å². The highest BCUT2D eigenvalue weighted by Gasteiger charge is 2.31. The summed E-state index contributed by atoms with van der Waals surface area (Å²) in [4.78, 5) is 26.6. The maximum atomic E-state index is 13.4. The van der Waals surface area contributed by atoms with E-state index in [4.69, 9.17) is 38.5 Å². The topological polar surface area (TPSA) is 231 Å². The van der Waals surface area contributed by atoms with Gasteiger partial charge >= 0.3 is 5.97 Å². The maximum absolute atomic E-state index is 13.4. The van der Waals surface area contributed by atoms with Crippen molar-refractivity contribution in [1.29, 1.82) is 10.8 Å². The highest BCUT2D eigenvalue weighted by atomic mass is 16.6. The van der Waals surface area contributed by atoms with E-state index in [1.165, 1.54) is 141 Å². The SMILES string of the molecule is CCCCCCCCCCCCCCCC(CCCCCCNC(=N)N)NC(=O)CC[C@H](N)C(=O)OC(N)(CCCCCCCCCCCCCCC)CCCCCCNC(=N)N. The van der Waals surface area contributed by atoms with Gasteiger partial charge in [-0.05, 0) is 44.9 Å². The molecule has 13 N–H and O–H groups in total. The highest BCUT2D eigenvalue weighted by molar-refractivity contribution is 5.79. The van der Waals surface area contributed by atoms with Crippen LogP contribution >= 0.6 is 0 Å². The summed E-state index contributed by atoms with van der Waals surface area (Å²) in [6.45, 7) is 5.92. The predicted molar refractivity (Wildman–Crippen MR) is 269 cm³/mol. The van der Waals surface area contributed by atoms with Crippen LogP contribution in [0.2, 0.25) is 0 Å². The molecule has 0 heterocycles. The zero-order valence-electron chi connectivity index (χ0n) is 41.4. The second-order valence-electron chi connectivity index (χ2n) is 19.0. The smallest absolute Gasteiger partial charge is 0.324 e. The number of ether oxygens (including phenoxy) is 1. The van der Waals surface area contributed by atoms with Crippen molar-refractivity contribution in [2.45, 2.75) is 288 Å². The average molecular weight is 892 g/mol. The minimum Gasteiger partial charge on any atom is -0.443 e. The van der Waals surface area contributed by atoms with Crippen molar-refractivity contribution in [2.75, 3.05) is 13.1 Å². The van der Waals surface area contributed by atoms with Gasteiger partial charge in [0.05, 0.1) is 0 Å². The van der Waals surface area contributed by atoms with Crippen LogP contribution in [0, 0.1) is 10.8 Å². The molecular formula is C51H105N9O3. The Balaban J connectivity index is 4.91. The standard InChI is InChI=1S/C51H105N9O3/c1-3-5-7-9-11-13-15-17-19-21-23-25-31-37-45(38-32-26-29-35-43-58-49(53)54)60-47(61)40-39-46(52)48(62)63-51(57,42-34-28-30-36-44-59-50(55)56)41-33-27-24-22-20-18-16-14-12-10-8-6-4-2/h45-46H,3-44,52,57H2,1-2H3,(H,60,61)(H4,53,54,58)(H4,55,56,59)/t45?,46-,51?/m0/s1. The molecule has 3 atom stereocenters. The third kappa shape index (κ3) is 43.1. The van der Waals surface area contributed by atoms with E-state index in [-0.39, 0.29) is 36.7 Å². The van der Waals surface area contributed by atoms with Gasteiger partial charge in [0.15, 0.2) is 17.6 Å². The molecule has 63 heavy (non-hydrogen) atoms. The molecule has 0 aliphatic carbocycles. The number of nitrogens with two attached hydrogens (primary N) is 4. The van der Waals surface area contributed by atoms with E-state index in [9.17, 15) is 9.59 Å². The monoisotopic (exact) mass is 892 g/mol. The molecule has 12 heteroatoms. The van der Waals surface area contributed by atoms with Gasteiger partial charge in [-0.1, -0.05) is 206 Å². The van der Waals surface area contributed by atoms with Crippen LogP contribution in [-0.4, -0.2) is 54.7 Å². The van der Waals surface area contributed by atoms with Crippen molar-refractivity contribution < 1.29 is 14.3 Å². The third-order valence-corrected chi connectivity index (χ3v) is 12.7. The maximum Gasteiger partial charge on any atom is 0.324 e. The van der Waals surface area contributed by atoms with Gasteiger partial charge in [0.2, 0.25) is 5.91 Å². The van der Waals surface area contributed by atoms with E-state index in [0.717, 1.165) is 89.9 Å². The molecule has 1 amide bonds. The molecule has 0 saturated heterocycles. The van der Waals surface area contributed by atoms with Gasteiger partial charge in [-0.3, -0.25) is 26.1 Å². The van der Waals surface area contributed by atoms with Gasteiger partial charge in [-0.25, -0.2) is 0 Å². The first-order chi connectivity index (χ1) is 30.5. The van der Waals surface area contributed by atoms with E-state index in [0.29, 0.717) is 25.9 Å². The Morgan fingerprint density at radius 1 is 0.492 bits per heavy atom. The van der Waals surface area contributed by atoms with Crippen LogP contribution in [-0.2, 0) is 14.3 Å². The number of rotatable bonds is 48. The minimum absolute atomic E-state index is 0.0119. The summed E-state index contributed by atoms with van der Waals surface area (Å²) in [6, 6.07) is -0.801. The first-order valence-electron chi connectivity index (χ1n) is 26.7. The molecule has 0 aliphatic rings. The second-order valence-corrected chi connectivity index (χ2v) is 19.0. The fourth-order valence-electron chi connectivity index (χ4n) is 8.56. The molecule has 0 radical (unpaired) electrons. The second kappa shape index (κ2) is 44.6. The molecule has 0 aromatic heterocycles. The molecule has 0 aliphatic heterocycles. The van der Waals surface area contributed by atoms with E-state index in [2.05, 4.69) is 29.8 Å². The number of esters is 1. The average Bonchev–Trinajstić information content (AvgIpc) is 3.25. The van der Waals surface area contributed by atoms with Crippen molar-refractivity contribution in [3.05, 3.63) is 0 Å². The Kier molecular flexibility index (Phi) is 42.8. The van der Waals surface area contributed by atoms with Crippen LogP contribution in [0.3, 0.4) is 0 Å². The predicted octanol–water partition coefficient (Wildman–Crippen LogP) is 11.6. The Labute approximate surface area is 388 Å². The number of carbonyl (C=O) groups excluding carboxylic acids is 2. The lowest BCUT2D eigenvalue weighted by Crippen LogP contribution is -2.48. The van der Waals surface area contributed by atoms with Crippen LogP contribution in [0.1, 0.15) is 271 Å². The normalized spacial score (nSPS) is 13.3. The van der Waals surface area contributed by atoms with Crippen LogP contribution in [0.15, 0.2) is 0 Å². The van der Waals surface area contributed by atoms with Crippen LogP contribution in [0.4, 0.5) is 0 Å². The van der Waals surface area contributed by atoms with Gasteiger partial charge in [-0.15, -0.1) is 0 Å². The highest BCUT2D eigenvalue weighted by Crippen LogP contribution is 2.24. The molecule has 0 fully saturated rings. The molecule has 0 spiro atoms. The van der Waals surface area contributed by atoms with Crippen molar-refractivity contribution in [3.8, 4) is 0 Å². The number of hydrogen-bond donors (Lipinski definition) is 9. The lowest BCUT2D eigenvalue weighted by molar-refractivity contribution is -0.163. The van der Waals surface area contributed by atoms with Gasteiger partial charge in [-0.2, -0.15) is 0 Å². The molecule has 0 aromatic rings. The number of guanidine groups is 2. The fraction of sp³-hybridized carbons (Fsp3) is 0.922. The van der Waals surface area contributed by atoms with Gasteiger partial charge in [0.1, 0.15) is 6.04 Å². The van der Waals surface area contributed by atoms with Crippen molar-refractivity contribution in [3.63, 3.8) is 0 Å². The summed E-state index contributed by atoms with van der Waals surface area (Å²) in [5.41, 5.74) is 23.0. The third-order valence-electron chi connectivity index (χ3n) is 12.7. The lowest BCUT2D eigenvalue weighted by Gasteiger charge is -2.31. The summed E-state index contributed by atoms with van der Waals surface area (Å²) < 4.78 is 6.02. The van der Waals surface area contributed by atoms with Gasteiger partial charge in [0, 0.05) is 38.4 Å². The molecule has 0 bridgehead atoms. The Morgan fingerprint density at radius 2 is 0.810 bits per heavy atom. The summed E-state index contributed by atoms with van der Waals surface area (Å²) in [6.07, 6.45) is 44.7. The Hall–Kier alpha value is -2.60. The van der Waals surface area contributed by atoms with E-state index < -0.39 is 17.7 Å². The fourth-order valence-corrected chi connectivity index (χ4v) is 8.56. The van der Waals surface area contributed by atoms with Gasteiger partial charge in [0.25, 0.3) is 0 Å². The first kappa shape index (κ1) is 60.4. The quantitative estimate of drug-likeness (QED) is 0.00928. The van der Waals surface area contributed by atoms with Crippen LogP contribution in [0.5, 0.6) is 0 Å². The van der Waals surface area contributed by atoms with Crippen LogP contribution < -0.4 is 38.9 Å². The molecule has 372 valence electrons. The number of hydrogen-bond acceptors (Lipinski definition) is 7. The van der Waals surface area contributed by atoms with E-state index in [1.807, 2.05) is 0 Å².